The molecule has 4 N–H and O–H groups in total. The van der Waals surface area contributed by atoms with E-state index in [0.717, 1.165) is 53.1 Å². The van der Waals surface area contributed by atoms with Gasteiger partial charge in [-0.2, -0.15) is 0 Å². The summed E-state index contributed by atoms with van der Waals surface area (Å²) in [5.74, 6) is -0.833. The zero-order chi connectivity index (χ0) is 22.7. The number of benzene rings is 2. The smallest absolute Gasteiger partial charge is 0.330 e. The summed E-state index contributed by atoms with van der Waals surface area (Å²) in [4.78, 5) is 24.6. The SMILES string of the molecule is CC(=O)O.NCCCn1cc(-c2c[nH]c(=O)n2-c2csc3ccccc23)c2ccccc21. The Hall–Kier alpha value is -3.62. The van der Waals surface area contributed by atoms with Gasteiger partial charge in [0.1, 0.15) is 0 Å². The van der Waals surface area contributed by atoms with Gasteiger partial charge in [0.2, 0.25) is 0 Å². The molecule has 0 spiro atoms. The van der Waals surface area contributed by atoms with Crippen LogP contribution in [0.15, 0.2) is 71.1 Å². The number of H-pyrrole nitrogens is 1. The average molecular weight is 449 g/mol. The summed E-state index contributed by atoms with van der Waals surface area (Å²) in [6.07, 6.45) is 4.85. The van der Waals surface area contributed by atoms with E-state index >= 15 is 0 Å². The molecule has 3 heterocycles. The molecule has 0 fully saturated rings. The van der Waals surface area contributed by atoms with Gasteiger partial charge in [0, 0.05) is 57.8 Å². The van der Waals surface area contributed by atoms with Gasteiger partial charge in [-0.15, -0.1) is 11.3 Å². The van der Waals surface area contributed by atoms with Crippen LogP contribution >= 0.6 is 11.3 Å². The number of nitrogens with one attached hydrogen (secondary N) is 1. The van der Waals surface area contributed by atoms with Crippen molar-refractivity contribution in [3.63, 3.8) is 0 Å². The third-order valence-corrected chi connectivity index (χ3v) is 6.10. The first kappa shape index (κ1) is 21.6. The number of para-hydroxylation sites is 1. The molecule has 32 heavy (non-hydrogen) atoms. The molecule has 0 radical (unpaired) electrons. The van der Waals surface area contributed by atoms with Crippen LogP contribution in [-0.4, -0.2) is 31.7 Å². The number of aliphatic carboxylic acids is 1. The number of aryl methyl sites for hydroxylation is 1. The molecular formula is C24H24N4O3S. The van der Waals surface area contributed by atoms with E-state index in [1.54, 1.807) is 15.9 Å². The van der Waals surface area contributed by atoms with Crippen LogP contribution in [0.25, 0.3) is 37.9 Å². The quantitative estimate of drug-likeness (QED) is 0.369. The number of hydrogen-bond donors (Lipinski definition) is 3. The van der Waals surface area contributed by atoms with Crippen molar-refractivity contribution in [2.45, 2.75) is 19.9 Å². The van der Waals surface area contributed by atoms with Crippen molar-refractivity contribution < 1.29 is 9.90 Å². The van der Waals surface area contributed by atoms with Crippen LogP contribution in [0.5, 0.6) is 0 Å². The Morgan fingerprint density at radius 1 is 1.12 bits per heavy atom. The molecule has 0 unspecified atom stereocenters. The molecular weight excluding hydrogens is 424 g/mol. The first-order valence-corrected chi connectivity index (χ1v) is 11.1. The number of aromatic amines is 1. The predicted octanol–water partition coefficient (Wildman–Crippen LogP) is 4.44. The summed E-state index contributed by atoms with van der Waals surface area (Å²) in [6.45, 7) is 2.59. The summed E-state index contributed by atoms with van der Waals surface area (Å²) in [6, 6.07) is 16.5. The highest BCUT2D eigenvalue weighted by molar-refractivity contribution is 7.17. The third kappa shape index (κ3) is 4.10. The zero-order valence-corrected chi connectivity index (χ0v) is 18.4. The highest BCUT2D eigenvalue weighted by atomic mass is 32.1. The van der Waals surface area contributed by atoms with Crippen LogP contribution < -0.4 is 11.4 Å². The van der Waals surface area contributed by atoms with Crippen molar-refractivity contribution in [3.8, 4) is 16.9 Å². The van der Waals surface area contributed by atoms with E-state index in [4.69, 9.17) is 15.6 Å². The molecule has 164 valence electrons. The normalized spacial score (nSPS) is 10.9. The summed E-state index contributed by atoms with van der Waals surface area (Å²) in [5, 5.41) is 11.7. The lowest BCUT2D eigenvalue weighted by Gasteiger charge is -2.06. The maximum atomic E-state index is 12.8. The van der Waals surface area contributed by atoms with E-state index in [1.165, 1.54) is 4.70 Å². The monoisotopic (exact) mass is 448 g/mol. The first-order chi connectivity index (χ1) is 15.5. The van der Waals surface area contributed by atoms with Gasteiger partial charge in [-0.25, -0.2) is 4.79 Å². The second-order valence-electron chi connectivity index (χ2n) is 7.35. The van der Waals surface area contributed by atoms with Gasteiger partial charge in [-0.05, 0) is 25.1 Å². The standard InChI is InChI=1S/C22H20N4OS.C2H4O2/c23-10-5-11-25-13-17(15-6-1-3-8-18(15)25)19-12-24-22(27)26(19)20-14-28-21-9-4-2-7-16(20)21;1-2(3)4/h1-4,6-9,12-14H,5,10-11,23H2,(H,24,27);1H3,(H,3,4). The van der Waals surface area contributed by atoms with E-state index in [1.807, 2.05) is 30.5 Å². The molecule has 0 amide bonds. The topological polar surface area (TPSA) is 106 Å². The fourth-order valence-corrected chi connectivity index (χ4v) is 4.77. The van der Waals surface area contributed by atoms with Crippen molar-refractivity contribution in [2.24, 2.45) is 5.73 Å². The Balaban J connectivity index is 0.000000567. The molecule has 0 aliphatic carbocycles. The minimum absolute atomic E-state index is 0.127. The molecule has 0 saturated heterocycles. The largest absolute Gasteiger partial charge is 0.481 e. The van der Waals surface area contributed by atoms with Crippen LogP contribution in [0.2, 0.25) is 0 Å². The number of carboxylic acids is 1. The summed E-state index contributed by atoms with van der Waals surface area (Å²) < 4.78 is 5.18. The van der Waals surface area contributed by atoms with Gasteiger partial charge in [0.05, 0.1) is 11.4 Å². The highest BCUT2D eigenvalue weighted by Gasteiger charge is 2.18. The average Bonchev–Trinajstić information content (AvgIpc) is 3.46. The second-order valence-corrected chi connectivity index (χ2v) is 8.26. The van der Waals surface area contributed by atoms with Gasteiger partial charge < -0.3 is 20.4 Å². The van der Waals surface area contributed by atoms with E-state index in [0.29, 0.717) is 6.54 Å². The third-order valence-electron chi connectivity index (χ3n) is 5.15. The minimum atomic E-state index is -0.833. The molecule has 0 aliphatic rings. The van der Waals surface area contributed by atoms with Crippen molar-refractivity contribution in [3.05, 3.63) is 76.8 Å². The fraction of sp³-hybridized carbons (Fsp3) is 0.167. The van der Waals surface area contributed by atoms with E-state index < -0.39 is 5.97 Å². The molecule has 0 bridgehead atoms. The predicted molar refractivity (Wildman–Crippen MR) is 130 cm³/mol. The van der Waals surface area contributed by atoms with E-state index in [9.17, 15) is 4.79 Å². The summed E-state index contributed by atoms with van der Waals surface area (Å²) in [5.41, 5.74) is 9.58. The molecule has 0 aliphatic heterocycles. The van der Waals surface area contributed by atoms with Gasteiger partial charge in [0.25, 0.3) is 5.97 Å². The van der Waals surface area contributed by atoms with Crippen LogP contribution in [0.3, 0.4) is 0 Å². The van der Waals surface area contributed by atoms with Crippen molar-refractivity contribution in [1.29, 1.82) is 0 Å². The van der Waals surface area contributed by atoms with Crippen LogP contribution in [0, 0.1) is 0 Å². The van der Waals surface area contributed by atoms with E-state index in [-0.39, 0.29) is 5.69 Å². The summed E-state index contributed by atoms with van der Waals surface area (Å²) in [7, 11) is 0. The molecule has 5 aromatic rings. The maximum absolute atomic E-state index is 12.8. The van der Waals surface area contributed by atoms with Crippen LogP contribution in [-0.2, 0) is 11.3 Å². The number of fused-ring (bicyclic) bond motifs is 2. The number of carboxylic acid groups (broad SMARTS) is 1. The van der Waals surface area contributed by atoms with Crippen molar-refractivity contribution in [1.82, 2.24) is 14.1 Å². The lowest BCUT2D eigenvalue weighted by atomic mass is 10.1. The number of carbonyl (C=O) groups is 1. The molecule has 3 aromatic heterocycles. The number of thiophene rings is 1. The molecule has 8 heteroatoms. The Kier molecular flexibility index (Phi) is 6.25. The van der Waals surface area contributed by atoms with Gasteiger partial charge in [-0.3, -0.25) is 9.36 Å². The Bertz CT molecular complexity index is 1440. The summed E-state index contributed by atoms with van der Waals surface area (Å²) >= 11 is 1.65. The van der Waals surface area contributed by atoms with Crippen molar-refractivity contribution in [2.75, 3.05) is 6.54 Å². The second kappa shape index (κ2) is 9.25. The minimum Gasteiger partial charge on any atom is -0.481 e. The Labute approximate surface area is 188 Å². The lowest BCUT2D eigenvalue weighted by Crippen LogP contribution is -2.15. The van der Waals surface area contributed by atoms with Crippen molar-refractivity contribution >= 4 is 38.3 Å². The number of rotatable bonds is 5. The van der Waals surface area contributed by atoms with E-state index in [2.05, 4.69) is 45.4 Å². The number of nitrogens with zero attached hydrogens (tertiary/aromatic N) is 2. The Morgan fingerprint density at radius 3 is 2.56 bits per heavy atom. The Morgan fingerprint density at radius 2 is 1.81 bits per heavy atom. The molecule has 0 atom stereocenters. The van der Waals surface area contributed by atoms with Crippen LogP contribution in [0.1, 0.15) is 13.3 Å². The van der Waals surface area contributed by atoms with Gasteiger partial charge >= 0.3 is 5.69 Å². The fourth-order valence-electron chi connectivity index (χ4n) is 3.84. The molecule has 0 saturated carbocycles. The number of aromatic nitrogens is 3. The lowest BCUT2D eigenvalue weighted by molar-refractivity contribution is -0.134. The molecule has 5 rings (SSSR count). The molecule has 2 aromatic carbocycles. The van der Waals surface area contributed by atoms with Gasteiger partial charge in [-0.1, -0.05) is 36.4 Å². The number of hydrogen-bond acceptors (Lipinski definition) is 4. The van der Waals surface area contributed by atoms with Gasteiger partial charge in [0.15, 0.2) is 0 Å². The molecule has 7 nitrogen and oxygen atoms in total. The maximum Gasteiger partial charge on any atom is 0.330 e. The first-order valence-electron chi connectivity index (χ1n) is 10.3. The zero-order valence-electron chi connectivity index (χ0n) is 17.6. The number of nitrogens with two attached hydrogens (primary N) is 1. The van der Waals surface area contributed by atoms with Crippen LogP contribution in [0.4, 0.5) is 0 Å². The highest BCUT2D eigenvalue weighted by Crippen LogP contribution is 2.34. The number of imidazole rings is 1.